The van der Waals surface area contributed by atoms with E-state index in [0.717, 1.165) is 49.9 Å². The smallest absolute Gasteiger partial charge is 0.161 e. The van der Waals surface area contributed by atoms with Gasteiger partial charge >= 0.3 is 0 Å². The van der Waals surface area contributed by atoms with Crippen LogP contribution in [-0.2, 0) is 13.0 Å². The van der Waals surface area contributed by atoms with Crippen LogP contribution in [0.2, 0.25) is 0 Å². The van der Waals surface area contributed by atoms with Gasteiger partial charge in [0, 0.05) is 19.0 Å². The number of unbranched alkanes of at least 4 members (excludes halogenated alkanes) is 1. The lowest BCUT2D eigenvalue weighted by atomic mass is 9.98. The van der Waals surface area contributed by atoms with Crippen molar-refractivity contribution < 1.29 is 9.47 Å². The minimum absolute atomic E-state index is 0.759. The molecule has 19 heavy (non-hydrogen) atoms. The molecule has 3 nitrogen and oxygen atoms in total. The van der Waals surface area contributed by atoms with Crippen LogP contribution < -0.4 is 9.47 Å². The van der Waals surface area contributed by atoms with Gasteiger partial charge in [-0.1, -0.05) is 0 Å². The molecule has 1 aromatic rings. The number of hydrogen-bond donors (Lipinski definition) is 0. The highest BCUT2D eigenvalue weighted by molar-refractivity contribution is 6.17. The fourth-order valence-corrected chi connectivity index (χ4v) is 2.75. The molecule has 0 N–H and O–H groups in total. The number of ether oxygens (including phenoxy) is 2. The zero-order valence-electron chi connectivity index (χ0n) is 11.7. The van der Waals surface area contributed by atoms with E-state index in [1.807, 2.05) is 0 Å². The van der Waals surface area contributed by atoms with E-state index in [0.29, 0.717) is 0 Å². The van der Waals surface area contributed by atoms with E-state index in [1.165, 1.54) is 17.5 Å². The van der Waals surface area contributed by atoms with Crippen LogP contribution in [0.5, 0.6) is 11.5 Å². The van der Waals surface area contributed by atoms with Crippen molar-refractivity contribution in [1.29, 1.82) is 0 Å². The average molecular weight is 284 g/mol. The predicted octanol–water partition coefficient (Wildman–Crippen LogP) is 3.08. The van der Waals surface area contributed by atoms with Crippen LogP contribution >= 0.6 is 11.6 Å². The van der Waals surface area contributed by atoms with Crippen LogP contribution in [0.15, 0.2) is 12.1 Å². The summed E-state index contributed by atoms with van der Waals surface area (Å²) in [6.45, 7) is 3.24. The van der Waals surface area contributed by atoms with Gasteiger partial charge in [-0.25, -0.2) is 0 Å². The van der Waals surface area contributed by atoms with Crippen molar-refractivity contribution in [2.24, 2.45) is 0 Å². The predicted molar refractivity (Wildman–Crippen MR) is 78.5 cm³/mol. The van der Waals surface area contributed by atoms with Gasteiger partial charge in [0.05, 0.1) is 14.2 Å². The van der Waals surface area contributed by atoms with Crippen LogP contribution in [0.3, 0.4) is 0 Å². The maximum atomic E-state index is 5.72. The van der Waals surface area contributed by atoms with Gasteiger partial charge in [-0.05, 0) is 49.1 Å². The highest BCUT2D eigenvalue weighted by atomic mass is 35.5. The largest absolute Gasteiger partial charge is 0.493 e. The molecule has 0 aromatic heterocycles. The summed E-state index contributed by atoms with van der Waals surface area (Å²) in [6, 6.07) is 4.23. The number of fused-ring (bicyclic) bond motifs is 1. The molecule has 0 unspecified atom stereocenters. The fourth-order valence-electron chi connectivity index (χ4n) is 2.56. The molecule has 0 atom stereocenters. The summed E-state index contributed by atoms with van der Waals surface area (Å²) in [4.78, 5) is 2.49. The van der Waals surface area contributed by atoms with Gasteiger partial charge in [-0.15, -0.1) is 11.6 Å². The molecule has 0 saturated heterocycles. The second kappa shape index (κ2) is 7.01. The third-order valence-corrected chi connectivity index (χ3v) is 3.92. The minimum Gasteiger partial charge on any atom is -0.493 e. The molecule has 0 aliphatic carbocycles. The third-order valence-electron chi connectivity index (χ3n) is 3.66. The SMILES string of the molecule is COc1cc2c(cc1OC)CN(CCCCCl)CC2. The summed E-state index contributed by atoms with van der Waals surface area (Å²) >= 11 is 5.72. The highest BCUT2D eigenvalue weighted by Crippen LogP contribution is 2.33. The van der Waals surface area contributed by atoms with Crippen LogP contribution in [0.1, 0.15) is 24.0 Å². The van der Waals surface area contributed by atoms with Crippen molar-refractivity contribution in [3.63, 3.8) is 0 Å². The maximum Gasteiger partial charge on any atom is 0.161 e. The first-order valence-electron chi connectivity index (χ1n) is 6.80. The van der Waals surface area contributed by atoms with Crippen molar-refractivity contribution in [3.8, 4) is 11.5 Å². The lowest BCUT2D eigenvalue weighted by Crippen LogP contribution is -2.31. The number of alkyl halides is 1. The van der Waals surface area contributed by atoms with E-state index >= 15 is 0 Å². The molecule has 0 radical (unpaired) electrons. The molecule has 1 aromatic carbocycles. The molecular weight excluding hydrogens is 262 g/mol. The standard InChI is InChI=1S/C15H22ClNO2/c1-18-14-9-12-5-8-17(7-4-3-6-16)11-13(12)10-15(14)19-2/h9-10H,3-8,11H2,1-2H3. The van der Waals surface area contributed by atoms with E-state index in [-0.39, 0.29) is 0 Å². The van der Waals surface area contributed by atoms with Crippen molar-refractivity contribution in [3.05, 3.63) is 23.3 Å². The Hall–Kier alpha value is -0.930. The summed E-state index contributed by atoms with van der Waals surface area (Å²) in [7, 11) is 3.37. The number of halogens is 1. The fraction of sp³-hybridized carbons (Fsp3) is 0.600. The Morgan fingerprint density at radius 1 is 1.11 bits per heavy atom. The van der Waals surface area contributed by atoms with E-state index < -0.39 is 0 Å². The van der Waals surface area contributed by atoms with Gasteiger partial charge in [-0.2, -0.15) is 0 Å². The molecule has 0 spiro atoms. The number of nitrogens with zero attached hydrogens (tertiary/aromatic N) is 1. The molecule has 1 aliphatic heterocycles. The lowest BCUT2D eigenvalue weighted by Gasteiger charge is -2.29. The zero-order valence-corrected chi connectivity index (χ0v) is 12.5. The molecule has 0 amide bonds. The molecule has 2 rings (SSSR count). The molecule has 0 fully saturated rings. The van der Waals surface area contributed by atoms with Crippen molar-refractivity contribution in [2.75, 3.05) is 33.2 Å². The lowest BCUT2D eigenvalue weighted by molar-refractivity contribution is 0.249. The second-order valence-electron chi connectivity index (χ2n) is 4.90. The first-order chi connectivity index (χ1) is 9.28. The minimum atomic E-state index is 0.759. The summed E-state index contributed by atoms with van der Waals surface area (Å²) in [5.41, 5.74) is 2.74. The van der Waals surface area contributed by atoms with E-state index in [2.05, 4.69) is 17.0 Å². The highest BCUT2D eigenvalue weighted by Gasteiger charge is 2.18. The summed E-state index contributed by atoms with van der Waals surface area (Å²) in [5.74, 6) is 2.41. The van der Waals surface area contributed by atoms with E-state index in [9.17, 15) is 0 Å². The monoisotopic (exact) mass is 283 g/mol. The quantitative estimate of drug-likeness (QED) is 0.592. The van der Waals surface area contributed by atoms with Gasteiger partial charge in [0.1, 0.15) is 0 Å². The molecule has 1 heterocycles. The Morgan fingerprint density at radius 2 is 1.79 bits per heavy atom. The van der Waals surface area contributed by atoms with Gasteiger partial charge in [0.2, 0.25) is 0 Å². The summed E-state index contributed by atoms with van der Waals surface area (Å²) in [5, 5.41) is 0. The van der Waals surface area contributed by atoms with E-state index in [1.54, 1.807) is 14.2 Å². The number of methoxy groups -OCH3 is 2. The van der Waals surface area contributed by atoms with Gasteiger partial charge in [-0.3, -0.25) is 4.90 Å². The van der Waals surface area contributed by atoms with Crippen LogP contribution in [0.4, 0.5) is 0 Å². The van der Waals surface area contributed by atoms with Crippen molar-refractivity contribution >= 4 is 11.6 Å². The van der Waals surface area contributed by atoms with Gasteiger partial charge in [0.25, 0.3) is 0 Å². The average Bonchev–Trinajstić information content (AvgIpc) is 2.46. The Bertz CT molecular complexity index is 423. The van der Waals surface area contributed by atoms with E-state index in [4.69, 9.17) is 21.1 Å². The number of benzene rings is 1. The first kappa shape index (κ1) is 14.5. The molecule has 1 aliphatic rings. The Balaban J connectivity index is 2.07. The Labute approximate surface area is 120 Å². The topological polar surface area (TPSA) is 21.7 Å². The van der Waals surface area contributed by atoms with Gasteiger partial charge < -0.3 is 9.47 Å². The zero-order chi connectivity index (χ0) is 13.7. The molecular formula is C15H22ClNO2. The third kappa shape index (κ3) is 3.54. The Kier molecular flexibility index (Phi) is 5.34. The summed E-state index contributed by atoms with van der Waals surface area (Å²) < 4.78 is 10.7. The van der Waals surface area contributed by atoms with Crippen molar-refractivity contribution in [2.45, 2.75) is 25.8 Å². The summed E-state index contributed by atoms with van der Waals surface area (Å²) in [6.07, 6.45) is 3.35. The molecule has 4 heteroatoms. The molecule has 0 bridgehead atoms. The first-order valence-corrected chi connectivity index (χ1v) is 7.34. The van der Waals surface area contributed by atoms with Gasteiger partial charge in [0.15, 0.2) is 11.5 Å². The normalized spacial score (nSPS) is 15.1. The maximum absolute atomic E-state index is 5.72. The van der Waals surface area contributed by atoms with Crippen LogP contribution in [0, 0.1) is 0 Å². The number of hydrogen-bond acceptors (Lipinski definition) is 3. The molecule has 0 saturated carbocycles. The molecule has 106 valence electrons. The number of rotatable bonds is 6. The van der Waals surface area contributed by atoms with Crippen molar-refractivity contribution in [1.82, 2.24) is 4.90 Å². The van der Waals surface area contributed by atoms with Crippen LogP contribution in [-0.4, -0.2) is 38.1 Å². The van der Waals surface area contributed by atoms with Crippen LogP contribution in [0.25, 0.3) is 0 Å². The Morgan fingerprint density at radius 3 is 2.42 bits per heavy atom. The second-order valence-corrected chi connectivity index (χ2v) is 5.28.